The molecule has 0 aliphatic rings. The fourth-order valence-electron chi connectivity index (χ4n) is 1.17. The van der Waals surface area contributed by atoms with Crippen molar-refractivity contribution in [2.45, 2.75) is 19.4 Å². The third-order valence-corrected chi connectivity index (χ3v) is 2.70. The molecule has 14 heavy (non-hydrogen) atoms. The maximum atomic E-state index is 4.25. The summed E-state index contributed by atoms with van der Waals surface area (Å²) in [6.07, 6.45) is 8.57. The van der Waals surface area contributed by atoms with Crippen LogP contribution in [0, 0.1) is 0 Å². The van der Waals surface area contributed by atoms with Crippen LogP contribution < -0.4 is 5.32 Å². The van der Waals surface area contributed by atoms with E-state index in [1.165, 1.54) is 12.2 Å². The van der Waals surface area contributed by atoms with Gasteiger partial charge in [-0.3, -0.25) is 9.97 Å². The van der Waals surface area contributed by atoms with E-state index in [4.69, 9.17) is 0 Å². The number of nitrogens with zero attached hydrogens (tertiary/aromatic N) is 2. The van der Waals surface area contributed by atoms with Crippen LogP contribution in [0.15, 0.2) is 18.6 Å². The lowest BCUT2D eigenvalue weighted by atomic mass is 10.2. The first-order chi connectivity index (χ1) is 6.84. The molecule has 3 nitrogen and oxygen atoms in total. The Balaban J connectivity index is 2.25. The van der Waals surface area contributed by atoms with Gasteiger partial charge in [0.2, 0.25) is 0 Å². The maximum absolute atomic E-state index is 4.25. The Hall–Kier alpha value is -0.610. The quantitative estimate of drug-likeness (QED) is 0.729. The predicted octanol–water partition coefficient (Wildman–Crippen LogP) is 1.88. The van der Waals surface area contributed by atoms with Crippen LogP contribution >= 0.6 is 11.8 Å². The zero-order valence-electron chi connectivity index (χ0n) is 8.73. The van der Waals surface area contributed by atoms with Crippen molar-refractivity contribution in [3.63, 3.8) is 0 Å². The van der Waals surface area contributed by atoms with Gasteiger partial charge in [0, 0.05) is 24.6 Å². The second kappa shape index (κ2) is 6.79. The smallest absolute Gasteiger partial charge is 0.0753 e. The fraction of sp³-hybridized carbons (Fsp3) is 0.600. The summed E-state index contributed by atoms with van der Waals surface area (Å²) < 4.78 is 0. The Morgan fingerprint density at radius 3 is 3.00 bits per heavy atom. The van der Waals surface area contributed by atoms with Crippen molar-refractivity contribution in [2.75, 3.05) is 18.6 Å². The first-order valence-corrected chi connectivity index (χ1v) is 6.22. The third-order valence-electron chi connectivity index (χ3n) is 2.00. The average molecular weight is 211 g/mol. The highest BCUT2D eigenvalue weighted by Crippen LogP contribution is 2.06. The highest BCUT2D eigenvalue weighted by atomic mass is 32.2. The maximum Gasteiger partial charge on any atom is 0.0753 e. The average Bonchev–Trinajstić information content (AvgIpc) is 2.25. The molecule has 1 unspecified atom stereocenters. The molecule has 4 heteroatoms. The van der Waals surface area contributed by atoms with Crippen LogP contribution in [0.4, 0.5) is 0 Å². The molecule has 0 saturated carbocycles. The Morgan fingerprint density at radius 1 is 1.50 bits per heavy atom. The minimum Gasteiger partial charge on any atom is -0.309 e. The number of hydrogen-bond donors (Lipinski definition) is 1. The van der Waals surface area contributed by atoms with Gasteiger partial charge in [0.25, 0.3) is 0 Å². The summed E-state index contributed by atoms with van der Waals surface area (Å²) in [7, 11) is 0. The Labute approximate surface area is 89.7 Å². The van der Waals surface area contributed by atoms with Crippen molar-refractivity contribution >= 4 is 11.8 Å². The number of aromatic nitrogens is 2. The molecular formula is C10H17N3S. The van der Waals surface area contributed by atoms with Crippen LogP contribution in [0.25, 0.3) is 0 Å². The Morgan fingerprint density at radius 2 is 2.36 bits per heavy atom. The van der Waals surface area contributed by atoms with Gasteiger partial charge in [0.1, 0.15) is 0 Å². The summed E-state index contributed by atoms with van der Waals surface area (Å²) in [4.78, 5) is 8.29. The summed E-state index contributed by atoms with van der Waals surface area (Å²) in [5.74, 6) is 1.21. The van der Waals surface area contributed by atoms with Crippen molar-refractivity contribution in [3.05, 3.63) is 24.3 Å². The molecule has 1 aromatic heterocycles. The largest absolute Gasteiger partial charge is 0.309 e. The van der Waals surface area contributed by atoms with Crippen LogP contribution in [0.2, 0.25) is 0 Å². The second-order valence-electron chi connectivity index (χ2n) is 3.15. The lowest BCUT2D eigenvalue weighted by Gasteiger charge is -2.11. The monoisotopic (exact) mass is 211 g/mol. The SMILES string of the molecule is CSCCCNC(C)c1cnccn1. The minimum absolute atomic E-state index is 0.297. The van der Waals surface area contributed by atoms with Crippen molar-refractivity contribution < 1.29 is 0 Å². The number of nitrogens with one attached hydrogen (secondary N) is 1. The Kier molecular flexibility index (Phi) is 5.56. The standard InChI is InChI=1S/C10H17N3S/c1-9(12-4-3-7-14-2)10-8-11-5-6-13-10/h5-6,8-9,12H,3-4,7H2,1-2H3. The number of thioether (sulfide) groups is 1. The Bertz CT molecular complexity index is 240. The van der Waals surface area contributed by atoms with Gasteiger partial charge in [-0.15, -0.1) is 0 Å². The fourth-order valence-corrected chi connectivity index (χ4v) is 1.61. The predicted molar refractivity (Wildman–Crippen MR) is 61.4 cm³/mol. The van der Waals surface area contributed by atoms with Crippen LogP contribution in [0.5, 0.6) is 0 Å². The van der Waals surface area contributed by atoms with E-state index in [1.54, 1.807) is 12.4 Å². The van der Waals surface area contributed by atoms with Gasteiger partial charge in [0.15, 0.2) is 0 Å². The van der Waals surface area contributed by atoms with E-state index in [1.807, 2.05) is 18.0 Å². The lowest BCUT2D eigenvalue weighted by molar-refractivity contribution is 0.558. The molecule has 0 aliphatic heterocycles. The van der Waals surface area contributed by atoms with E-state index < -0.39 is 0 Å². The molecule has 0 aliphatic carbocycles. The van der Waals surface area contributed by atoms with Crippen molar-refractivity contribution in [1.29, 1.82) is 0 Å². The molecule has 1 heterocycles. The summed E-state index contributed by atoms with van der Waals surface area (Å²) in [6, 6.07) is 0.297. The van der Waals surface area contributed by atoms with Crippen molar-refractivity contribution in [2.24, 2.45) is 0 Å². The van der Waals surface area contributed by atoms with E-state index in [2.05, 4.69) is 28.5 Å². The van der Waals surface area contributed by atoms with E-state index >= 15 is 0 Å². The molecule has 0 saturated heterocycles. The molecule has 78 valence electrons. The zero-order chi connectivity index (χ0) is 10.2. The highest BCUT2D eigenvalue weighted by Gasteiger charge is 2.04. The molecule has 0 fully saturated rings. The van der Waals surface area contributed by atoms with Crippen LogP contribution in [-0.4, -0.2) is 28.5 Å². The van der Waals surface area contributed by atoms with Crippen LogP contribution in [0.3, 0.4) is 0 Å². The molecule has 0 radical (unpaired) electrons. The molecule has 1 N–H and O–H groups in total. The molecule has 0 aromatic carbocycles. The highest BCUT2D eigenvalue weighted by molar-refractivity contribution is 7.98. The molecule has 1 atom stereocenters. The molecule has 1 rings (SSSR count). The van der Waals surface area contributed by atoms with Gasteiger partial charge in [-0.2, -0.15) is 11.8 Å². The van der Waals surface area contributed by atoms with E-state index in [0.29, 0.717) is 6.04 Å². The molecular weight excluding hydrogens is 194 g/mol. The molecule has 1 aromatic rings. The summed E-state index contributed by atoms with van der Waals surface area (Å²) >= 11 is 1.88. The third kappa shape index (κ3) is 4.07. The summed E-state index contributed by atoms with van der Waals surface area (Å²) in [6.45, 7) is 3.15. The van der Waals surface area contributed by atoms with Gasteiger partial charge in [0.05, 0.1) is 5.69 Å². The van der Waals surface area contributed by atoms with E-state index in [9.17, 15) is 0 Å². The number of rotatable bonds is 6. The first kappa shape index (κ1) is 11.5. The van der Waals surface area contributed by atoms with Crippen molar-refractivity contribution in [3.8, 4) is 0 Å². The number of hydrogen-bond acceptors (Lipinski definition) is 4. The second-order valence-corrected chi connectivity index (χ2v) is 4.14. The van der Waals surface area contributed by atoms with Gasteiger partial charge in [-0.05, 0) is 31.9 Å². The normalized spacial score (nSPS) is 12.7. The molecule has 0 bridgehead atoms. The minimum atomic E-state index is 0.297. The van der Waals surface area contributed by atoms with Gasteiger partial charge < -0.3 is 5.32 Å². The molecule has 0 spiro atoms. The lowest BCUT2D eigenvalue weighted by Crippen LogP contribution is -2.21. The van der Waals surface area contributed by atoms with Gasteiger partial charge >= 0.3 is 0 Å². The van der Waals surface area contributed by atoms with E-state index in [-0.39, 0.29) is 0 Å². The molecule has 0 amide bonds. The van der Waals surface area contributed by atoms with E-state index in [0.717, 1.165) is 12.2 Å². The zero-order valence-corrected chi connectivity index (χ0v) is 9.55. The van der Waals surface area contributed by atoms with Crippen LogP contribution in [-0.2, 0) is 0 Å². The summed E-state index contributed by atoms with van der Waals surface area (Å²) in [5.41, 5.74) is 1.01. The van der Waals surface area contributed by atoms with Gasteiger partial charge in [-0.25, -0.2) is 0 Å². The summed E-state index contributed by atoms with van der Waals surface area (Å²) in [5, 5.41) is 3.42. The van der Waals surface area contributed by atoms with Gasteiger partial charge in [-0.1, -0.05) is 0 Å². The first-order valence-electron chi connectivity index (χ1n) is 4.83. The van der Waals surface area contributed by atoms with Crippen LogP contribution in [0.1, 0.15) is 25.1 Å². The van der Waals surface area contributed by atoms with Crippen molar-refractivity contribution in [1.82, 2.24) is 15.3 Å². The topological polar surface area (TPSA) is 37.8 Å².